The van der Waals surface area contributed by atoms with E-state index in [4.69, 9.17) is 11.6 Å². The van der Waals surface area contributed by atoms with E-state index in [1.165, 1.54) is 6.07 Å². The monoisotopic (exact) mass is 459 g/mol. The highest BCUT2D eigenvalue weighted by atomic mass is 35.5. The molecule has 5 rings (SSSR count). The minimum Gasteiger partial charge on any atom is -0.377 e. The van der Waals surface area contributed by atoms with E-state index in [0.29, 0.717) is 22.7 Å². The Morgan fingerprint density at radius 1 is 1.09 bits per heavy atom. The summed E-state index contributed by atoms with van der Waals surface area (Å²) in [4.78, 5) is 24.1. The molecule has 1 amide bonds. The first-order valence-corrected chi connectivity index (χ1v) is 11.2. The van der Waals surface area contributed by atoms with Crippen molar-refractivity contribution in [3.63, 3.8) is 0 Å². The Labute approximate surface area is 196 Å². The fourth-order valence-corrected chi connectivity index (χ4v) is 5.11. The van der Waals surface area contributed by atoms with E-state index in [1.54, 1.807) is 18.2 Å². The molecule has 1 aliphatic heterocycles. The van der Waals surface area contributed by atoms with E-state index in [2.05, 4.69) is 22.8 Å². The van der Waals surface area contributed by atoms with E-state index in [-0.39, 0.29) is 29.5 Å². The van der Waals surface area contributed by atoms with Crippen LogP contribution in [0, 0.1) is 16.0 Å². The molecule has 0 radical (unpaired) electrons. The highest BCUT2D eigenvalue weighted by molar-refractivity contribution is 6.31. The molecule has 0 bridgehead atoms. The van der Waals surface area contributed by atoms with Crippen molar-refractivity contribution in [1.82, 2.24) is 5.32 Å². The van der Waals surface area contributed by atoms with Gasteiger partial charge in [-0.05, 0) is 35.6 Å². The number of carbonyl (C=O) groups is 1. The molecule has 166 valence electrons. The lowest BCUT2D eigenvalue weighted by atomic mass is 9.76. The average molecular weight is 460 g/mol. The third-order valence-corrected chi connectivity index (χ3v) is 6.81. The number of anilines is 1. The van der Waals surface area contributed by atoms with Crippen LogP contribution >= 0.6 is 11.6 Å². The van der Waals surface area contributed by atoms with Crippen LogP contribution in [0.4, 0.5) is 11.4 Å². The summed E-state index contributed by atoms with van der Waals surface area (Å²) in [7, 11) is 0. The quantitative estimate of drug-likeness (QED) is 0.278. The van der Waals surface area contributed by atoms with Gasteiger partial charge in [-0.2, -0.15) is 0 Å². The lowest BCUT2D eigenvalue weighted by Gasteiger charge is -2.38. The zero-order valence-corrected chi connectivity index (χ0v) is 18.5. The molecule has 0 saturated carbocycles. The molecule has 3 aromatic carbocycles. The summed E-state index contributed by atoms with van der Waals surface area (Å²) in [6.45, 7) is 0.426. The number of allylic oxidation sites excluding steroid dienone is 2. The first-order chi connectivity index (χ1) is 16.0. The number of fused-ring (bicyclic) bond motifs is 3. The first kappa shape index (κ1) is 21.2. The molecule has 1 heterocycles. The summed E-state index contributed by atoms with van der Waals surface area (Å²) in [5.41, 5.74) is 4.05. The van der Waals surface area contributed by atoms with E-state index in [0.717, 1.165) is 23.2 Å². The third-order valence-electron chi connectivity index (χ3n) is 6.46. The zero-order chi connectivity index (χ0) is 22.9. The van der Waals surface area contributed by atoms with Gasteiger partial charge in [-0.3, -0.25) is 14.9 Å². The maximum Gasteiger partial charge on any atom is 0.269 e. The van der Waals surface area contributed by atoms with Crippen LogP contribution < -0.4 is 10.6 Å². The van der Waals surface area contributed by atoms with Crippen LogP contribution in [0.2, 0.25) is 5.02 Å². The van der Waals surface area contributed by atoms with Crippen molar-refractivity contribution in [3.8, 4) is 0 Å². The number of nitro benzene ring substituents is 1. The van der Waals surface area contributed by atoms with Crippen molar-refractivity contribution in [2.24, 2.45) is 5.92 Å². The Morgan fingerprint density at radius 2 is 1.91 bits per heavy atom. The summed E-state index contributed by atoms with van der Waals surface area (Å²) < 4.78 is 0. The fraction of sp³-hybridized carbons (Fsp3) is 0.192. The Hall–Kier alpha value is -3.64. The first-order valence-electron chi connectivity index (χ1n) is 10.8. The van der Waals surface area contributed by atoms with Gasteiger partial charge in [0.15, 0.2) is 0 Å². The topological polar surface area (TPSA) is 84.3 Å². The van der Waals surface area contributed by atoms with Crippen molar-refractivity contribution in [2.45, 2.75) is 24.9 Å². The predicted octanol–water partition coefficient (Wildman–Crippen LogP) is 6.00. The number of para-hydroxylation sites is 1. The Bertz CT molecular complexity index is 1260. The van der Waals surface area contributed by atoms with E-state index in [1.807, 2.05) is 42.5 Å². The molecule has 0 spiro atoms. The van der Waals surface area contributed by atoms with Crippen LogP contribution in [0.15, 0.2) is 78.9 Å². The maximum absolute atomic E-state index is 13.2. The smallest absolute Gasteiger partial charge is 0.269 e. The number of nitrogens with zero attached hydrogens (tertiary/aromatic N) is 1. The van der Waals surface area contributed by atoms with Crippen LogP contribution in [0.1, 0.15) is 45.4 Å². The van der Waals surface area contributed by atoms with E-state index in [9.17, 15) is 14.9 Å². The summed E-state index contributed by atoms with van der Waals surface area (Å²) in [5.74, 6) is 0.0793. The second kappa shape index (κ2) is 8.71. The van der Waals surface area contributed by atoms with Crippen molar-refractivity contribution < 1.29 is 9.72 Å². The third kappa shape index (κ3) is 3.98. The Balaban J connectivity index is 1.51. The highest BCUT2D eigenvalue weighted by Gasteiger charge is 2.40. The Morgan fingerprint density at radius 3 is 2.70 bits per heavy atom. The molecule has 2 N–H and O–H groups in total. The number of hydrogen-bond donors (Lipinski definition) is 2. The average Bonchev–Trinajstić information content (AvgIpc) is 3.33. The van der Waals surface area contributed by atoms with Crippen LogP contribution in [0.5, 0.6) is 0 Å². The second-order valence-electron chi connectivity index (χ2n) is 8.38. The Kier molecular flexibility index (Phi) is 5.60. The van der Waals surface area contributed by atoms with Gasteiger partial charge in [-0.1, -0.05) is 66.2 Å². The number of benzene rings is 3. The molecule has 3 aromatic rings. The molecule has 2 aliphatic rings. The SMILES string of the molecule is O=C(NCc1ccccc1)c1cccc2c1NC(c1cc([N+](=O)[O-])ccc1Cl)C1CC=CC21. The molecule has 7 heteroatoms. The van der Waals surface area contributed by atoms with E-state index >= 15 is 0 Å². The molecular weight excluding hydrogens is 438 g/mol. The number of carbonyl (C=O) groups excluding carboxylic acids is 1. The number of hydrogen-bond acceptors (Lipinski definition) is 4. The molecule has 33 heavy (non-hydrogen) atoms. The molecule has 3 unspecified atom stereocenters. The zero-order valence-electron chi connectivity index (χ0n) is 17.7. The van der Waals surface area contributed by atoms with Crippen molar-refractivity contribution in [3.05, 3.63) is 116 Å². The number of non-ortho nitro benzene ring substituents is 1. The van der Waals surface area contributed by atoms with Crippen molar-refractivity contribution in [2.75, 3.05) is 5.32 Å². The van der Waals surface area contributed by atoms with Gasteiger partial charge in [0.1, 0.15) is 0 Å². The minimum absolute atomic E-state index is 0.00149. The molecule has 6 nitrogen and oxygen atoms in total. The standard InChI is InChI=1S/C26H22ClN3O3/c27-23-13-12-17(30(32)33)14-22(23)25-20-9-4-8-18(20)19-10-5-11-21(24(19)29-25)26(31)28-15-16-6-2-1-3-7-16/h1-8,10-14,18,20,25,29H,9,15H2,(H,28,31). The lowest BCUT2D eigenvalue weighted by Crippen LogP contribution is -2.32. The number of nitrogens with one attached hydrogen (secondary N) is 2. The van der Waals surface area contributed by atoms with Gasteiger partial charge in [0.2, 0.25) is 0 Å². The molecule has 3 atom stereocenters. The lowest BCUT2D eigenvalue weighted by molar-refractivity contribution is -0.384. The van der Waals surface area contributed by atoms with Crippen LogP contribution in [0.25, 0.3) is 0 Å². The molecular formula is C26H22ClN3O3. The fourth-order valence-electron chi connectivity index (χ4n) is 4.88. The highest BCUT2D eigenvalue weighted by Crippen LogP contribution is 2.51. The summed E-state index contributed by atoms with van der Waals surface area (Å²) in [6.07, 6.45) is 5.12. The normalized spacial score (nSPS) is 20.5. The van der Waals surface area contributed by atoms with Crippen molar-refractivity contribution in [1.29, 1.82) is 0 Å². The summed E-state index contributed by atoms with van der Waals surface area (Å²) >= 11 is 6.51. The molecule has 0 fully saturated rings. The number of halogens is 1. The van der Waals surface area contributed by atoms with Crippen LogP contribution in [-0.2, 0) is 6.54 Å². The maximum atomic E-state index is 13.2. The van der Waals surface area contributed by atoms with Gasteiger partial charge in [0, 0.05) is 35.2 Å². The second-order valence-corrected chi connectivity index (χ2v) is 8.78. The largest absolute Gasteiger partial charge is 0.377 e. The van der Waals surface area contributed by atoms with Gasteiger partial charge in [0.25, 0.3) is 11.6 Å². The van der Waals surface area contributed by atoms with Gasteiger partial charge in [0.05, 0.1) is 22.2 Å². The molecule has 0 aromatic heterocycles. The van der Waals surface area contributed by atoms with Gasteiger partial charge in [-0.15, -0.1) is 0 Å². The van der Waals surface area contributed by atoms with Gasteiger partial charge >= 0.3 is 0 Å². The van der Waals surface area contributed by atoms with Crippen LogP contribution in [0.3, 0.4) is 0 Å². The predicted molar refractivity (Wildman–Crippen MR) is 129 cm³/mol. The summed E-state index contributed by atoms with van der Waals surface area (Å²) in [6, 6.07) is 19.8. The number of rotatable bonds is 5. The van der Waals surface area contributed by atoms with E-state index < -0.39 is 4.92 Å². The van der Waals surface area contributed by atoms with Gasteiger partial charge < -0.3 is 10.6 Å². The van der Waals surface area contributed by atoms with Crippen LogP contribution in [-0.4, -0.2) is 10.8 Å². The number of nitro groups is 1. The minimum atomic E-state index is -0.413. The summed E-state index contributed by atoms with van der Waals surface area (Å²) in [5, 5.41) is 18.4. The molecule has 1 aliphatic carbocycles. The van der Waals surface area contributed by atoms with Gasteiger partial charge in [-0.25, -0.2) is 0 Å². The van der Waals surface area contributed by atoms with Crippen molar-refractivity contribution >= 4 is 28.9 Å². The molecule has 0 saturated heterocycles. The number of amides is 1.